The highest BCUT2D eigenvalue weighted by atomic mass is 127. The van der Waals surface area contributed by atoms with Gasteiger partial charge in [0.05, 0.1) is 0 Å². The largest absolute Gasteiger partial charge is 0.490 e. The second-order valence-corrected chi connectivity index (χ2v) is 8.42. The number of nitrogens with one attached hydrogen (secondary N) is 1. The first-order chi connectivity index (χ1) is 15.2. The Hall–Kier alpha value is -1.87. The van der Waals surface area contributed by atoms with E-state index >= 15 is 0 Å². The van der Waals surface area contributed by atoms with Crippen LogP contribution >= 0.6 is 24.0 Å². The molecule has 7 heteroatoms. The molecular weight excluding hydrogens is 520 g/mol. The van der Waals surface area contributed by atoms with Crippen LogP contribution in [0.2, 0.25) is 0 Å². The van der Waals surface area contributed by atoms with Crippen molar-refractivity contribution in [2.24, 2.45) is 4.99 Å². The summed E-state index contributed by atoms with van der Waals surface area (Å²) in [5.74, 6) is 1.66. The van der Waals surface area contributed by atoms with Crippen molar-refractivity contribution in [2.75, 3.05) is 39.9 Å². The lowest BCUT2D eigenvalue weighted by Crippen LogP contribution is -2.51. The molecule has 0 radical (unpaired) electrons. The van der Waals surface area contributed by atoms with Gasteiger partial charge < -0.3 is 19.7 Å². The maximum atomic E-state index is 13.5. The lowest BCUT2D eigenvalue weighted by Gasteiger charge is -2.40. The topological polar surface area (TPSA) is 46.1 Å². The number of aliphatic imine (C=N–C) groups is 1. The molecule has 2 aromatic rings. The van der Waals surface area contributed by atoms with Gasteiger partial charge in [-0.15, -0.1) is 24.0 Å². The predicted molar refractivity (Wildman–Crippen MR) is 137 cm³/mol. The third-order valence-electron chi connectivity index (χ3n) is 6.49. The molecule has 2 aromatic carbocycles. The third-order valence-corrected chi connectivity index (χ3v) is 6.49. The van der Waals surface area contributed by atoms with E-state index in [-0.39, 0.29) is 41.3 Å². The zero-order valence-electron chi connectivity index (χ0n) is 18.6. The first-order valence-corrected chi connectivity index (χ1v) is 11.2. The molecule has 174 valence electrons. The van der Waals surface area contributed by atoms with Crippen molar-refractivity contribution in [1.82, 2.24) is 10.2 Å². The van der Waals surface area contributed by atoms with Crippen molar-refractivity contribution in [2.45, 2.75) is 37.2 Å². The third kappa shape index (κ3) is 6.13. The van der Waals surface area contributed by atoms with Crippen LogP contribution in [0.25, 0.3) is 0 Å². The van der Waals surface area contributed by atoms with E-state index in [1.54, 1.807) is 12.1 Å². The Bertz CT molecular complexity index is 849. The van der Waals surface area contributed by atoms with Crippen LogP contribution in [0.4, 0.5) is 4.39 Å². The summed E-state index contributed by atoms with van der Waals surface area (Å²) in [4.78, 5) is 6.85. The first kappa shape index (κ1) is 24.8. The van der Waals surface area contributed by atoms with Gasteiger partial charge in [-0.2, -0.15) is 0 Å². The minimum absolute atomic E-state index is 0. The quantitative estimate of drug-likeness (QED) is 0.334. The fourth-order valence-corrected chi connectivity index (χ4v) is 4.59. The Morgan fingerprint density at radius 3 is 2.38 bits per heavy atom. The molecule has 5 nitrogen and oxygen atoms in total. The molecule has 2 fully saturated rings. The highest BCUT2D eigenvalue weighted by Gasteiger charge is 2.35. The van der Waals surface area contributed by atoms with Gasteiger partial charge in [-0.3, -0.25) is 4.99 Å². The van der Waals surface area contributed by atoms with Gasteiger partial charge in [0.1, 0.15) is 17.7 Å². The maximum Gasteiger partial charge on any atom is 0.193 e. The maximum absolute atomic E-state index is 13.5. The van der Waals surface area contributed by atoms with Crippen molar-refractivity contribution >= 4 is 29.9 Å². The highest BCUT2D eigenvalue weighted by molar-refractivity contribution is 14.0. The second-order valence-electron chi connectivity index (χ2n) is 8.42. The Balaban J connectivity index is 0.00000289. The number of rotatable bonds is 5. The number of para-hydroxylation sites is 1. The van der Waals surface area contributed by atoms with Crippen molar-refractivity contribution in [1.29, 1.82) is 0 Å². The van der Waals surface area contributed by atoms with E-state index in [0.29, 0.717) is 0 Å². The summed E-state index contributed by atoms with van der Waals surface area (Å²) in [6.07, 6.45) is 3.99. The molecule has 2 aliphatic heterocycles. The Kier molecular flexibility index (Phi) is 9.16. The first-order valence-electron chi connectivity index (χ1n) is 11.2. The number of hydrogen-bond acceptors (Lipinski definition) is 3. The zero-order chi connectivity index (χ0) is 21.5. The molecule has 0 aromatic heterocycles. The predicted octanol–water partition coefficient (Wildman–Crippen LogP) is 4.61. The lowest BCUT2D eigenvalue weighted by atomic mass is 9.74. The number of benzene rings is 2. The summed E-state index contributed by atoms with van der Waals surface area (Å²) >= 11 is 0. The summed E-state index contributed by atoms with van der Waals surface area (Å²) in [5, 5.41) is 3.61. The number of guanidine groups is 1. The average Bonchev–Trinajstić information content (AvgIpc) is 2.82. The Labute approximate surface area is 207 Å². The summed E-state index contributed by atoms with van der Waals surface area (Å²) in [5.41, 5.74) is 1.09. The summed E-state index contributed by atoms with van der Waals surface area (Å²) in [6, 6.07) is 17.0. The van der Waals surface area contributed by atoms with E-state index in [0.717, 1.165) is 75.8 Å². The van der Waals surface area contributed by atoms with Crippen LogP contribution in [-0.2, 0) is 10.2 Å². The van der Waals surface area contributed by atoms with Crippen LogP contribution in [0.1, 0.15) is 31.2 Å². The fourth-order valence-electron chi connectivity index (χ4n) is 4.59. The molecule has 0 unspecified atom stereocenters. The van der Waals surface area contributed by atoms with Crippen LogP contribution in [0.15, 0.2) is 59.6 Å². The van der Waals surface area contributed by atoms with E-state index in [1.807, 2.05) is 49.5 Å². The minimum atomic E-state index is -0.199. The van der Waals surface area contributed by atoms with Crippen LogP contribution in [0.3, 0.4) is 0 Å². The van der Waals surface area contributed by atoms with Gasteiger partial charge >= 0.3 is 0 Å². The monoisotopic (exact) mass is 553 g/mol. The van der Waals surface area contributed by atoms with Crippen molar-refractivity contribution in [3.05, 3.63) is 66.0 Å². The molecule has 0 aliphatic carbocycles. The molecule has 0 atom stereocenters. The zero-order valence-corrected chi connectivity index (χ0v) is 21.0. The molecule has 1 N–H and O–H groups in total. The van der Waals surface area contributed by atoms with Gasteiger partial charge in [0.25, 0.3) is 0 Å². The Morgan fingerprint density at radius 2 is 1.75 bits per heavy atom. The molecule has 2 heterocycles. The standard InChI is InChI=1S/C25H32FN3O2.HI/c1-27-24(29-15-11-23(12-16-29)31-22-5-3-2-4-6-22)28-19-25(13-17-30-18-14-25)20-7-9-21(26)10-8-20;/h2-10,23H,11-19H2,1H3,(H,27,28);1H. The summed E-state index contributed by atoms with van der Waals surface area (Å²) in [6.45, 7) is 4.02. The molecule has 2 saturated heterocycles. The fraction of sp³-hybridized carbons (Fsp3) is 0.480. The van der Waals surface area contributed by atoms with Gasteiger partial charge in [-0.25, -0.2) is 4.39 Å². The molecule has 4 rings (SSSR count). The molecule has 0 spiro atoms. The number of ether oxygens (including phenoxy) is 2. The van der Waals surface area contributed by atoms with Crippen molar-refractivity contribution in [3.63, 3.8) is 0 Å². The van der Waals surface area contributed by atoms with Gasteiger partial charge in [-0.05, 0) is 42.7 Å². The van der Waals surface area contributed by atoms with E-state index in [2.05, 4.69) is 15.2 Å². The molecule has 32 heavy (non-hydrogen) atoms. The van der Waals surface area contributed by atoms with Crippen molar-refractivity contribution in [3.8, 4) is 5.75 Å². The number of likely N-dealkylation sites (tertiary alicyclic amines) is 1. The van der Waals surface area contributed by atoms with E-state index in [9.17, 15) is 4.39 Å². The molecule has 2 aliphatic rings. The van der Waals surface area contributed by atoms with E-state index < -0.39 is 0 Å². The van der Waals surface area contributed by atoms with Gasteiger partial charge in [-0.1, -0.05) is 30.3 Å². The molecule has 0 saturated carbocycles. The molecule has 0 amide bonds. The van der Waals surface area contributed by atoms with Gasteiger partial charge in [0.2, 0.25) is 0 Å². The normalized spacial score (nSPS) is 19.2. The minimum Gasteiger partial charge on any atom is -0.490 e. The molecular formula is C25H33FIN3O2. The second kappa shape index (κ2) is 11.8. The van der Waals surface area contributed by atoms with Crippen molar-refractivity contribution < 1.29 is 13.9 Å². The molecule has 0 bridgehead atoms. The number of halogens is 2. The summed E-state index contributed by atoms with van der Waals surface area (Å²) < 4.78 is 25.2. The van der Waals surface area contributed by atoms with Crippen LogP contribution in [0, 0.1) is 5.82 Å². The van der Waals surface area contributed by atoms with Crippen LogP contribution < -0.4 is 10.1 Å². The summed E-state index contributed by atoms with van der Waals surface area (Å²) in [7, 11) is 1.84. The number of nitrogens with zero attached hydrogens (tertiary/aromatic N) is 2. The Morgan fingerprint density at radius 1 is 1.09 bits per heavy atom. The van der Waals surface area contributed by atoms with E-state index in [1.165, 1.54) is 0 Å². The SMILES string of the molecule is CN=C(NCC1(c2ccc(F)cc2)CCOCC1)N1CCC(Oc2ccccc2)CC1.I. The average molecular weight is 553 g/mol. The number of piperidine rings is 1. The highest BCUT2D eigenvalue weighted by Crippen LogP contribution is 2.34. The van der Waals surface area contributed by atoms with Gasteiger partial charge in [0, 0.05) is 58.2 Å². The number of hydrogen-bond donors (Lipinski definition) is 1. The smallest absolute Gasteiger partial charge is 0.193 e. The van der Waals surface area contributed by atoms with E-state index in [4.69, 9.17) is 9.47 Å². The van der Waals surface area contributed by atoms with Crippen LogP contribution in [-0.4, -0.2) is 56.9 Å². The lowest BCUT2D eigenvalue weighted by molar-refractivity contribution is 0.0509. The van der Waals surface area contributed by atoms with Gasteiger partial charge in [0.15, 0.2) is 5.96 Å². The van der Waals surface area contributed by atoms with Crippen LogP contribution in [0.5, 0.6) is 5.75 Å².